The summed E-state index contributed by atoms with van der Waals surface area (Å²) >= 11 is 0. The van der Waals surface area contributed by atoms with Crippen LogP contribution in [0.25, 0.3) is 0 Å². The molecule has 0 aromatic rings. The van der Waals surface area contributed by atoms with Gasteiger partial charge in [0.05, 0.1) is 0 Å². The lowest BCUT2D eigenvalue weighted by molar-refractivity contribution is -0.120. The zero-order valence-electron chi connectivity index (χ0n) is 28.2. The van der Waals surface area contributed by atoms with E-state index in [1.165, 1.54) is 173 Å². The molecule has 0 aliphatic carbocycles. The summed E-state index contributed by atoms with van der Waals surface area (Å²) in [6, 6.07) is -0.322. The number of carbonyl (C=O) groups excluding carboxylic acids is 2. The highest BCUT2D eigenvalue weighted by Gasteiger charge is 2.06. The molecular weight excluding hydrogens is 504 g/mol. The minimum Gasteiger partial charge on any atom is -0.338 e. The normalized spacial score (nSPS) is 11.2. The Labute approximate surface area is 257 Å². The molecule has 0 saturated heterocycles. The van der Waals surface area contributed by atoms with E-state index in [9.17, 15) is 9.59 Å². The minimum absolute atomic E-state index is 0.135. The molecule has 0 bridgehead atoms. The van der Waals surface area contributed by atoms with Crippen molar-refractivity contribution in [1.29, 1.82) is 0 Å². The fourth-order valence-corrected chi connectivity index (χ4v) is 5.77. The lowest BCUT2D eigenvalue weighted by Gasteiger charge is -2.07. The molecule has 2 N–H and O–H groups in total. The largest absolute Gasteiger partial charge is 0.338 e. The molecule has 0 aliphatic heterocycles. The van der Waals surface area contributed by atoms with Gasteiger partial charge < -0.3 is 5.32 Å². The van der Waals surface area contributed by atoms with Crippen molar-refractivity contribution in [3.05, 3.63) is 0 Å². The van der Waals surface area contributed by atoms with Gasteiger partial charge in [0.2, 0.25) is 5.91 Å². The first-order valence-electron chi connectivity index (χ1n) is 18.8. The van der Waals surface area contributed by atoms with Gasteiger partial charge in [-0.2, -0.15) is 0 Å². The molecule has 0 rings (SSSR count). The van der Waals surface area contributed by atoms with Crippen LogP contribution < -0.4 is 10.6 Å². The summed E-state index contributed by atoms with van der Waals surface area (Å²) in [4.78, 5) is 23.9. The van der Waals surface area contributed by atoms with Gasteiger partial charge in [-0.25, -0.2) is 4.79 Å². The molecule has 3 amide bonds. The Morgan fingerprint density at radius 3 is 0.951 bits per heavy atom. The smallest absolute Gasteiger partial charge is 0.321 e. The third-order valence-electron chi connectivity index (χ3n) is 8.58. The van der Waals surface area contributed by atoms with Crippen LogP contribution in [0.15, 0.2) is 0 Å². The van der Waals surface area contributed by atoms with E-state index in [1.54, 1.807) is 0 Å². The van der Waals surface area contributed by atoms with E-state index in [1.807, 2.05) is 0 Å². The monoisotopic (exact) mass is 579 g/mol. The maximum Gasteiger partial charge on any atom is 0.321 e. The first-order valence-corrected chi connectivity index (χ1v) is 18.8. The number of unbranched alkanes of at least 4 members (excludes halogenated alkanes) is 29. The van der Waals surface area contributed by atoms with E-state index < -0.39 is 0 Å². The third kappa shape index (κ3) is 35.0. The van der Waals surface area contributed by atoms with Crippen molar-refractivity contribution in [2.24, 2.45) is 0 Å². The van der Waals surface area contributed by atoms with Crippen molar-refractivity contribution >= 4 is 11.9 Å². The maximum atomic E-state index is 12.0. The van der Waals surface area contributed by atoms with Gasteiger partial charge in [-0.1, -0.05) is 200 Å². The number of carbonyl (C=O) groups is 2. The van der Waals surface area contributed by atoms with Crippen LogP contribution in [0.2, 0.25) is 0 Å². The summed E-state index contributed by atoms with van der Waals surface area (Å²) in [6.07, 6.45) is 41.8. The van der Waals surface area contributed by atoms with E-state index in [2.05, 4.69) is 24.5 Å². The van der Waals surface area contributed by atoms with Crippen LogP contribution in [0.5, 0.6) is 0 Å². The lowest BCUT2D eigenvalue weighted by Crippen LogP contribution is -2.39. The Kier molecular flexibility index (Phi) is 34.2. The van der Waals surface area contributed by atoms with Gasteiger partial charge in [-0.15, -0.1) is 0 Å². The molecule has 0 aliphatic rings. The highest BCUT2D eigenvalue weighted by atomic mass is 16.2. The van der Waals surface area contributed by atoms with E-state index in [4.69, 9.17) is 0 Å². The third-order valence-corrected chi connectivity index (χ3v) is 8.58. The van der Waals surface area contributed by atoms with Crippen molar-refractivity contribution in [1.82, 2.24) is 10.6 Å². The van der Waals surface area contributed by atoms with Crippen molar-refractivity contribution in [2.45, 2.75) is 219 Å². The molecule has 0 aromatic carbocycles. The minimum atomic E-state index is -0.322. The van der Waals surface area contributed by atoms with Crippen molar-refractivity contribution < 1.29 is 9.59 Å². The van der Waals surface area contributed by atoms with Crippen molar-refractivity contribution in [3.63, 3.8) is 0 Å². The highest BCUT2D eigenvalue weighted by Crippen LogP contribution is 2.15. The zero-order chi connectivity index (χ0) is 29.9. The molecule has 4 nitrogen and oxygen atoms in total. The van der Waals surface area contributed by atoms with Gasteiger partial charge in [-0.3, -0.25) is 10.1 Å². The van der Waals surface area contributed by atoms with Crippen LogP contribution in [0, 0.1) is 0 Å². The highest BCUT2D eigenvalue weighted by molar-refractivity contribution is 5.94. The molecule has 0 atom stereocenters. The van der Waals surface area contributed by atoms with Crippen LogP contribution in [-0.4, -0.2) is 18.5 Å². The quantitative estimate of drug-likeness (QED) is 0.0761. The van der Waals surface area contributed by atoms with Gasteiger partial charge in [0.15, 0.2) is 0 Å². The molecule has 0 fully saturated rings. The number of hydrogen-bond acceptors (Lipinski definition) is 2. The standard InChI is InChI=1S/C37H74N2O2/c1-3-5-7-9-11-13-15-17-19-21-23-25-27-29-31-33-35-38-37(41)39-36(40)34-32-30-28-26-24-22-20-18-16-14-12-10-8-6-4-2/h3-35H2,1-2H3,(H2,38,39,40,41). The Morgan fingerprint density at radius 1 is 0.366 bits per heavy atom. The number of hydrogen-bond donors (Lipinski definition) is 2. The Balaban J connectivity index is 3.27. The Bertz CT molecular complexity index is 537. The molecule has 0 aromatic heterocycles. The van der Waals surface area contributed by atoms with Crippen molar-refractivity contribution in [3.8, 4) is 0 Å². The van der Waals surface area contributed by atoms with Crippen LogP contribution in [0.1, 0.15) is 219 Å². The van der Waals surface area contributed by atoms with Crippen LogP contribution in [0.3, 0.4) is 0 Å². The molecule has 0 unspecified atom stereocenters. The zero-order valence-corrected chi connectivity index (χ0v) is 28.2. The predicted octanol–water partition coefficient (Wildman–Crippen LogP) is 12.3. The predicted molar refractivity (Wildman–Crippen MR) is 181 cm³/mol. The molecule has 0 spiro atoms. The molecule has 41 heavy (non-hydrogen) atoms. The van der Waals surface area contributed by atoms with Gasteiger partial charge >= 0.3 is 6.03 Å². The first-order chi connectivity index (χ1) is 20.2. The molecular formula is C37H74N2O2. The van der Waals surface area contributed by atoms with Crippen LogP contribution in [0.4, 0.5) is 4.79 Å². The second-order valence-electron chi connectivity index (χ2n) is 12.8. The number of imide groups is 1. The average Bonchev–Trinajstić information content (AvgIpc) is 2.96. The van der Waals surface area contributed by atoms with Crippen molar-refractivity contribution in [2.75, 3.05) is 6.54 Å². The first kappa shape index (κ1) is 39.9. The molecule has 4 heteroatoms. The fourth-order valence-electron chi connectivity index (χ4n) is 5.77. The van der Waals surface area contributed by atoms with Gasteiger partial charge in [0.1, 0.15) is 0 Å². The Hall–Kier alpha value is -1.06. The number of amides is 3. The fraction of sp³-hybridized carbons (Fsp3) is 0.946. The SMILES string of the molecule is CCCCCCCCCCCCCCCCCCNC(=O)NC(=O)CCCCCCCCCCCCCCCCC. The second-order valence-corrected chi connectivity index (χ2v) is 12.8. The summed E-state index contributed by atoms with van der Waals surface area (Å²) in [7, 11) is 0. The molecule has 0 heterocycles. The maximum absolute atomic E-state index is 12.0. The topological polar surface area (TPSA) is 58.2 Å². The van der Waals surface area contributed by atoms with Crippen LogP contribution >= 0.6 is 0 Å². The summed E-state index contributed by atoms with van der Waals surface area (Å²) in [5, 5.41) is 5.34. The average molecular weight is 579 g/mol. The van der Waals surface area contributed by atoms with E-state index in [0.717, 1.165) is 25.7 Å². The van der Waals surface area contributed by atoms with Gasteiger partial charge in [0.25, 0.3) is 0 Å². The van der Waals surface area contributed by atoms with Gasteiger partial charge in [0, 0.05) is 13.0 Å². The van der Waals surface area contributed by atoms with Crippen LogP contribution in [-0.2, 0) is 4.79 Å². The molecule has 0 saturated carbocycles. The van der Waals surface area contributed by atoms with E-state index in [0.29, 0.717) is 13.0 Å². The van der Waals surface area contributed by atoms with E-state index >= 15 is 0 Å². The number of rotatable bonds is 33. The summed E-state index contributed by atoms with van der Waals surface area (Å²) in [6.45, 7) is 5.22. The summed E-state index contributed by atoms with van der Waals surface area (Å²) < 4.78 is 0. The summed E-state index contributed by atoms with van der Waals surface area (Å²) in [5.41, 5.74) is 0. The second kappa shape index (κ2) is 35.1. The Morgan fingerprint density at radius 2 is 0.634 bits per heavy atom. The number of urea groups is 1. The summed E-state index contributed by atoms with van der Waals surface area (Å²) in [5.74, 6) is -0.135. The molecule has 0 radical (unpaired) electrons. The van der Waals surface area contributed by atoms with Gasteiger partial charge in [-0.05, 0) is 12.8 Å². The molecule has 244 valence electrons. The lowest BCUT2D eigenvalue weighted by atomic mass is 10.0. The van der Waals surface area contributed by atoms with E-state index in [-0.39, 0.29) is 11.9 Å². The number of nitrogens with one attached hydrogen (secondary N) is 2.